The average Bonchev–Trinajstić information content (AvgIpc) is 3.12. The first-order valence-corrected chi connectivity index (χ1v) is 8.22. The molecule has 0 saturated heterocycles. The molecule has 8 heteroatoms. The van der Waals surface area contributed by atoms with Crippen molar-refractivity contribution in [1.82, 2.24) is 10.2 Å². The maximum Gasteiger partial charge on any atom is 0.257 e. The predicted molar refractivity (Wildman–Crippen MR) is 87.6 cm³/mol. The maximum absolute atomic E-state index is 12.1. The third-order valence-electron chi connectivity index (χ3n) is 2.56. The van der Waals surface area contributed by atoms with Crippen LogP contribution in [0.4, 0.5) is 5.13 Å². The average molecular weight is 356 g/mol. The SMILES string of the molecule is O=C(Nc1nnc(-c2cccs2)s1)c1ccc(Cl)c(Cl)c1. The largest absolute Gasteiger partial charge is 0.296 e. The monoisotopic (exact) mass is 355 g/mol. The van der Waals surface area contributed by atoms with Gasteiger partial charge in [-0.25, -0.2) is 0 Å². The van der Waals surface area contributed by atoms with Gasteiger partial charge in [0.25, 0.3) is 5.91 Å². The van der Waals surface area contributed by atoms with E-state index in [4.69, 9.17) is 23.2 Å². The molecule has 0 spiro atoms. The first-order valence-electron chi connectivity index (χ1n) is 5.77. The minimum atomic E-state index is -0.303. The fraction of sp³-hybridized carbons (Fsp3) is 0. The van der Waals surface area contributed by atoms with Crippen LogP contribution < -0.4 is 5.32 Å². The van der Waals surface area contributed by atoms with Crippen LogP contribution in [0, 0.1) is 0 Å². The molecule has 2 aromatic heterocycles. The lowest BCUT2D eigenvalue weighted by Crippen LogP contribution is -2.11. The van der Waals surface area contributed by atoms with E-state index in [2.05, 4.69) is 15.5 Å². The summed E-state index contributed by atoms with van der Waals surface area (Å²) in [6.07, 6.45) is 0. The minimum absolute atomic E-state index is 0.303. The van der Waals surface area contributed by atoms with Gasteiger partial charge in [0.15, 0.2) is 5.01 Å². The highest BCUT2D eigenvalue weighted by atomic mass is 35.5. The standard InChI is InChI=1S/C13H7Cl2N3OS2/c14-8-4-3-7(6-9(8)15)11(19)16-13-18-17-12(21-13)10-2-1-5-20-10/h1-6H,(H,16,18,19). The second-order valence-electron chi connectivity index (χ2n) is 3.97. The Morgan fingerprint density at radius 2 is 2.00 bits per heavy atom. The lowest BCUT2D eigenvalue weighted by atomic mass is 10.2. The molecule has 0 unspecified atom stereocenters. The summed E-state index contributed by atoms with van der Waals surface area (Å²) in [6, 6.07) is 8.59. The molecule has 3 rings (SSSR count). The Kier molecular flexibility index (Phi) is 4.21. The molecule has 21 heavy (non-hydrogen) atoms. The molecule has 0 atom stereocenters. The Morgan fingerprint density at radius 1 is 1.14 bits per heavy atom. The van der Waals surface area contributed by atoms with E-state index in [-0.39, 0.29) is 5.91 Å². The number of aromatic nitrogens is 2. The molecule has 0 bridgehead atoms. The molecule has 0 fully saturated rings. The Morgan fingerprint density at radius 3 is 2.71 bits per heavy atom. The van der Waals surface area contributed by atoms with Gasteiger partial charge in [-0.3, -0.25) is 10.1 Å². The van der Waals surface area contributed by atoms with Crippen molar-refractivity contribution >= 4 is 56.9 Å². The van der Waals surface area contributed by atoms with Crippen molar-refractivity contribution in [3.05, 3.63) is 51.3 Å². The zero-order chi connectivity index (χ0) is 14.8. The molecule has 1 N–H and O–H groups in total. The van der Waals surface area contributed by atoms with E-state index in [9.17, 15) is 4.79 Å². The minimum Gasteiger partial charge on any atom is -0.296 e. The molecule has 4 nitrogen and oxygen atoms in total. The van der Waals surface area contributed by atoms with Crippen LogP contribution in [0.3, 0.4) is 0 Å². The number of halogens is 2. The molecule has 1 aromatic carbocycles. The van der Waals surface area contributed by atoms with Gasteiger partial charge in [-0.05, 0) is 29.6 Å². The fourth-order valence-corrected chi connectivity index (χ4v) is 3.41. The summed E-state index contributed by atoms with van der Waals surface area (Å²) >= 11 is 14.6. The Hall–Kier alpha value is -1.47. The Bertz CT molecular complexity index is 787. The zero-order valence-corrected chi connectivity index (χ0v) is 13.5. The van der Waals surface area contributed by atoms with E-state index in [1.165, 1.54) is 17.4 Å². The highest BCUT2D eigenvalue weighted by Crippen LogP contribution is 2.30. The summed E-state index contributed by atoms with van der Waals surface area (Å²) in [5, 5.41) is 14.6. The smallest absolute Gasteiger partial charge is 0.257 e. The van der Waals surface area contributed by atoms with Crippen molar-refractivity contribution in [2.24, 2.45) is 0 Å². The second-order valence-corrected chi connectivity index (χ2v) is 6.71. The number of rotatable bonds is 3. The highest BCUT2D eigenvalue weighted by molar-refractivity contribution is 7.23. The fourth-order valence-electron chi connectivity index (χ4n) is 1.58. The number of hydrogen-bond acceptors (Lipinski definition) is 5. The van der Waals surface area contributed by atoms with Gasteiger partial charge in [0.1, 0.15) is 0 Å². The molecule has 0 saturated carbocycles. The van der Waals surface area contributed by atoms with Crippen LogP contribution in [0.15, 0.2) is 35.7 Å². The van der Waals surface area contributed by atoms with Crippen molar-refractivity contribution < 1.29 is 4.79 Å². The van der Waals surface area contributed by atoms with Gasteiger partial charge < -0.3 is 0 Å². The number of thiophene rings is 1. The van der Waals surface area contributed by atoms with Crippen molar-refractivity contribution in [2.75, 3.05) is 5.32 Å². The lowest BCUT2D eigenvalue weighted by Gasteiger charge is -2.02. The number of benzene rings is 1. The van der Waals surface area contributed by atoms with Crippen LogP contribution in [0.5, 0.6) is 0 Å². The molecular weight excluding hydrogens is 349 g/mol. The molecule has 2 heterocycles. The van der Waals surface area contributed by atoms with Crippen LogP contribution in [-0.4, -0.2) is 16.1 Å². The predicted octanol–water partition coefficient (Wildman–Crippen LogP) is 4.83. The molecule has 0 aliphatic heterocycles. The summed E-state index contributed by atoms with van der Waals surface area (Å²) in [5.41, 5.74) is 0.414. The third-order valence-corrected chi connectivity index (χ3v) is 5.18. The molecule has 0 aliphatic rings. The summed E-state index contributed by atoms with van der Waals surface area (Å²) in [4.78, 5) is 13.1. The maximum atomic E-state index is 12.1. The quantitative estimate of drug-likeness (QED) is 0.732. The molecular formula is C13H7Cl2N3OS2. The van der Waals surface area contributed by atoms with Crippen molar-refractivity contribution in [3.8, 4) is 9.88 Å². The van der Waals surface area contributed by atoms with E-state index in [0.29, 0.717) is 20.7 Å². The third kappa shape index (κ3) is 3.24. The van der Waals surface area contributed by atoms with Gasteiger partial charge in [0.05, 0.1) is 14.9 Å². The number of nitrogens with one attached hydrogen (secondary N) is 1. The molecule has 106 valence electrons. The van der Waals surface area contributed by atoms with Crippen molar-refractivity contribution in [1.29, 1.82) is 0 Å². The van der Waals surface area contributed by atoms with Gasteiger partial charge in [0, 0.05) is 5.56 Å². The van der Waals surface area contributed by atoms with E-state index < -0.39 is 0 Å². The highest BCUT2D eigenvalue weighted by Gasteiger charge is 2.12. The Balaban J connectivity index is 1.77. The number of carbonyl (C=O) groups is 1. The first-order chi connectivity index (χ1) is 10.1. The second kappa shape index (κ2) is 6.11. The van der Waals surface area contributed by atoms with E-state index in [1.54, 1.807) is 23.5 Å². The number of amides is 1. The Labute approximate surface area is 138 Å². The molecule has 3 aromatic rings. The van der Waals surface area contributed by atoms with Crippen LogP contribution >= 0.6 is 45.9 Å². The topological polar surface area (TPSA) is 54.9 Å². The molecule has 1 amide bonds. The summed E-state index contributed by atoms with van der Waals surface area (Å²) in [6.45, 7) is 0. The number of nitrogens with zero attached hydrogens (tertiary/aromatic N) is 2. The van der Waals surface area contributed by atoms with Gasteiger partial charge in [-0.2, -0.15) is 0 Å². The van der Waals surface area contributed by atoms with Crippen molar-refractivity contribution in [3.63, 3.8) is 0 Å². The van der Waals surface area contributed by atoms with E-state index in [0.717, 1.165) is 9.88 Å². The summed E-state index contributed by atoms with van der Waals surface area (Å²) in [5.74, 6) is -0.303. The molecule has 0 aliphatic carbocycles. The number of anilines is 1. The van der Waals surface area contributed by atoms with E-state index >= 15 is 0 Å². The zero-order valence-electron chi connectivity index (χ0n) is 10.3. The summed E-state index contributed by atoms with van der Waals surface area (Å²) < 4.78 is 0. The van der Waals surface area contributed by atoms with Crippen LogP contribution in [0.2, 0.25) is 10.0 Å². The normalized spacial score (nSPS) is 10.6. The van der Waals surface area contributed by atoms with Crippen LogP contribution in [0.25, 0.3) is 9.88 Å². The van der Waals surface area contributed by atoms with Gasteiger partial charge >= 0.3 is 0 Å². The van der Waals surface area contributed by atoms with Gasteiger partial charge in [0.2, 0.25) is 5.13 Å². The van der Waals surface area contributed by atoms with Crippen LogP contribution in [-0.2, 0) is 0 Å². The molecule has 0 radical (unpaired) electrons. The van der Waals surface area contributed by atoms with Crippen molar-refractivity contribution in [2.45, 2.75) is 0 Å². The first kappa shape index (κ1) is 14.5. The van der Waals surface area contributed by atoms with E-state index in [1.807, 2.05) is 17.5 Å². The number of carbonyl (C=O) groups excluding carboxylic acids is 1. The lowest BCUT2D eigenvalue weighted by molar-refractivity contribution is 0.102. The summed E-state index contributed by atoms with van der Waals surface area (Å²) in [7, 11) is 0. The van der Waals surface area contributed by atoms with Gasteiger partial charge in [-0.15, -0.1) is 21.5 Å². The number of hydrogen-bond donors (Lipinski definition) is 1. The van der Waals surface area contributed by atoms with Gasteiger partial charge in [-0.1, -0.05) is 40.6 Å². The van der Waals surface area contributed by atoms with Crippen LogP contribution in [0.1, 0.15) is 10.4 Å².